The van der Waals surface area contributed by atoms with Crippen LogP contribution in [0.2, 0.25) is 5.02 Å². The fourth-order valence-electron chi connectivity index (χ4n) is 1.57. The minimum absolute atomic E-state index is 0. The molecule has 19 heavy (non-hydrogen) atoms. The Labute approximate surface area is 126 Å². The van der Waals surface area contributed by atoms with Crippen LogP contribution in [-0.4, -0.2) is 28.1 Å². The standard InChI is InChI=1S/C12H19ClN2O2S.ClH/c1-3-6-14-7-8-15-18(16,17)12-5-4-11(13)9-10(12)2;/h4-5,9,14-15H,3,6-8H2,1-2H3;1H. The van der Waals surface area contributed by atoms with Gasteiger partial charge in [0.2, 0.25) is 10.0 Å². The summed E-state index contributed by atoms with van der Waals surface area (Å²) in [6, 6.07) is 4.75. The van der Waals surface area contributed by atoms with Crippen LogP contribution in [0.4, 0.5) is 0 Å². The summed E-state index contributed by atoms with van der Waals surface area (Å²) in [5.41, 5.74) is 0.650. The lowest BCUT2D eigenvalue weighted by Crippen LogP contribution is -2.32. The number of hydrogen-bond acceptors (Lipinski definition) is 3. The summed E-state index contributed by atoms with van der Waals surface area (Å²) in [5.74, 6) is 0. The highest BCUT2D eigenvalue weighted by Gasteiger charge is 2.15. The second kappa shape index (κ2) is 8.76. The molecule has 0 heterocycles. The molecule has 2 N–H and O–H groups in total. The molecule has 0 unspecified atom stereocenters. The molecule has 110 valence electrons. The van der Waals surface area contributed by atoms with Crippen LogP contribution in [0.25, 0.3) is 0 Å². The van der Waals surface area contributed by atoms with E-state index in [9.17, 15) is 8.42 Å². The van der Waals surface area contributed by atoms with Crippen molar-refractivity contribution in [1.29, 1.82) is 0 Å². The van der Waals surface area contributed by atoms with E-state index in [0.717, 1.165) is 13.0 Å². The van der Waals surface area contributed by atoms with Gasteiger partial charge in [-0.25, -0.2) is 13.1 Å². The van der Waals surface area contributed by atoms with Gasteiger partial charge in [0.15, 0.2) is 0 Å². The molecule has 0 saturated heterocycles. The van der Waals surface area contributed by atoms with Crippen molar-refractivity contribution in [3.63, 3.8) is 0 Å². The molecule has 0 amide bonds. The van der Waals surface area contributed by atoms with Crippen molar-refractivity contribution in [1.82, 2.24) is 10.0 Å². The summed E-state index contributed by atoms with van der Waals surface area (Å²) in [6.45, 7) is 5.69. The number of nitrogens with one attached hydrogen (secondary N) is 2. The van der Waals surface area contributed by atoms with Gasteiger partial charge < -0.3 is 5.32 Å². The van der Waals surface area contributed by atoms with Gasteiger partial charge in [-0.15, -0.1) is 12.4 Å². The van der Waals surface area contributed by atoms with Gasteiger partial charge >= 0.3 is 0 Å². The number of sulfonamides is 1. The Balaban J connectivity index is 0.00000324. The number of benzene rings is 1. The lowest BCUT2D eigenvalue weighted by atomic mass is 10.2. The Morgan fingerprint density at radius 2 is 1.89 bits per heavy atom. The largest absolute Gasteiger partial charge is 0.315 e. The summed E-state index contributed by atoms with van der Waals surface area (Å²) >= 11 is 5.80. The first-order valence-electron chi connectivity index (χ1n) is 5.94. The van der Waals surface area contributed by atoms with E-state index in [1.54, 1.807) is 19.1 Å². The van der Waals surface area contributed by atoms with Crippen molar-refractivity contribution in [2.24, 2.45) is 0 Å². The molecular weight excluding hydrogens is 307 g/mol. The van der Waals surface area contributed by atoms with Crippen molar-refractivity contribution in [2.45, 2.75) is 25.2 Å². The average molecular weight is 327 g/mol. The Morgan fingerprint density at radius 3 is 2.47 bits per heavy atom. The first-order valence-corrected chi connectivity index (χ1v) is 7.80. The molecule has 0 aromatic heterocycles. The smallest absolute Gasteiger partial charge is 0.240 e. The molecule has 0 aliphatic carbocycles. The van der Waals surface area contributed by atoms with Gasteiger partial charge in [-0.2, -0.15) is 0 Å². The normalized spacial score (nSPS) is 11.1. The van der Waals surface area contributed by atoms with E-state index in [2.05, 4.69) is 17.0 Å². The van der Waals surface area contributed by atoms with Crippen LogP contribution in [-0.2, 0) is 10.0 Å². The van der Waals surface area contributed by atoms with Crippen molar-refractivity contribution < 1.29 is 8.42 Å². The second-order valence-corrected chi connectivity index (χ2v) is 6.23. The van der Waals surface area contributed by atoms with Gasteiger partial charge in [0.1, 0.15) is 0 Å². The summed E-state index contributed by atoms with van der Waals surface area (Å²) in [5, 5.41) is 3.67. The fourth-order valence-corrected chi connectivity index (χ4v) is 3.05. The summed E-state index contributed by atoms with van der Waals surface area (Å²) in [6.07, 6.45) is 1.03. The molecule has 0 saturated carbocycles. The Kier molecular flexibility index (Phi) is 8.61. The zero-order valence-corrected chi connectivity index (χ0v) is 13.5. The van der Waals surface area contributed by atoms with Crippen molar-refractivity contribution in [3.05, 3.63) is 28.8 Å². The highest BCUT2D eigenvalue weighted by Crippen LogP contribution is 2.19. The number of halogens is 2. The molecule has 0 radical (unpaired) electrons. The highest BCUT2D eigenvalue weighted by atomic mass is 35.5. The molecule has 7 heteroatoms. The third-order valence-corrected chi connectivity index (χ3v) is 4.30. The van der Waals surface area contributed by atoms with Gasteiger partial charge in [-0.05, 0) is 43.7 Å². The molecule has 4 nitrogen and oxygen atoms in total. The van der Waals surface area contributed by atoms with E-state index < -0.39 is 10.0 Å². The topological polar surface area (TPSA) is 58.2 Å². The van der Waals surface area contributed by atoms with Crippen molar-refractivity contribution in [3.8, 4) is 0 Å². The maximum Gasteiger partial charge on any atom is 0.240 e. The predicted molar refractivity (Wildman–Crippen MR) is 81.8 cm³/mol. The molecule has 0 bridgehead atoms. The Morgan fingerprint density at radius 1 is 1.21 bits per heavy atom. The van der Waals surface area contributed by atoms with Crippen LogP contribution in [0.1, 0.15) is 18.9 Å². The van der Waals surface area contributed by atoms with Crippen LogP contribution in [0.15, 0.2) is 23.1 Å². The molecule has 0 spiro atoms. The first-order chi connectivity index (χ1) is 8.47. The summed E-state index contributed by atoms with van der Waals surface area (Å²) in [4.78, 5) is 0.280. The first kappa shape index (κ1) is 18.7. The monoisotopic (exact) mass is 326 g/mol. The predicted octanol–water partition coefficient (Wildman–Crippen LogP) is 2.35. The molecule has 0 aliphatic heterocycles. The number of hydrogen-bond donors (Lipinski definition) is 2. The Hall–Kier alpha value is -0.330. The van der Waals surface area contributed by atoms with E-state index >= 15 is 0 Å². The number of aryl methyl sites for hydroxylation is 1. The second-order valence-electron chi connectivity index (χ2n) is 4.06. The summed E-state index contributed by atoms with van der Waals surface area (Å²) in [7, 11) is -3.44. The number of rotatable bonds is 7. The van der Waals surface area contributed by atoms with Gasteiger partial charge in [0.05, 0.1) is 4.90 Å². The average Bonchev–Trinajstić information content (AvgIpc) is 2.28. The molecule has 0 fully saturated rings. The minimum Gasteiger partial charge on any atom is -0.315 e. The zero-order valence-electron chi connectivity index (χ0n) is 11.1. The van der Waals surface area contributed by atoms with Crippen molar-refractivity contribution in [2.75, 3.05) is 19.6 Å². The third-order valence-electron chi connectivity index (χ3n) is 2.45. The van der Waals surface area contributed by atoms with E-state index in [-0.39, 0.29) is 17.3 Å². The van der Waals surface area contributed by atoms with Gasteiger partial charge in [0.25, 0.3) is 0 Å². The minimum atomic E-state index is -3.44. The van der Waals surface area contributed by atoms with E-state index in [0.29, 0.717) is 23.7 Å². The lowest BCUT2D eigenvalue weighted by molar-refractivity contribution is 0.575. The third kappa shape index (κ3) is 6.10. The van der Waals surface area contributed by atoms with Crippen LogP contribution >= 0.6 is 24.0 Å². The van der Waals surface area contributed by atoms with Crippen LogP contribution in [0.3, 0.4) is 0 Å². The highest BCUT2D eigenvalue weighted by molar-refractivity contribution is 7.89. The molecule has 1 aromatic rings. The van der Waals surface area contributed by atoms with Gasteiger partial charge in [-0.3, -0.25) is 0 Å². The van der Waals surface area contributed by atoms with Crippen LogP contribution in [0, 0.1) is 6.92 Å². The fraction of sp³-hybridized carbons (Fsp3) is 0.500. The maximum atomic E-state index is 12.0. The van der Waals surface area contributed by atoms with E-state index in [1.807, 2.05) is 0 Å². The zero-order chi connectivity index (χ0) is 13.6. The quantitative estimate of drug-likeness (QED) is 0.756. The molecule has 1 aromatic carbocycles. The van der Waals surface area contributed by atoms with E-state index in [1.165, 1.54) is 6.07 Å². The maximum absolute atomic E-state index is 12.0. The molecule has 0 aliphatic rings. The van der Waals surface area contributed by atoms with E-state index in [4.69, 9.17) is 11.6 Å². The lowest BCUT2D eigenvalue weighted by Gasteiger charge is -2.09. The SMILES string of the molecule is CCCNCCNS(=O)(=O)c1ccc(Cl)cc1C.Cl. The van der Waals surface area contributed by atoms with Crippen LogP contribution in [0.5, 0.6) is 0 Å². The van der Waals surface area contributed by atoms with Gasteiger partial charge in [0, 0.05) is 18.1 Å². The Bertz CT molecular complexity index is 493. The molecule has 0 atom stereocenters. The van der Waals surface area contributed by atoms with Crippen molar-refractivity contribution >= 4 is 34.0 Å². The molecule has 1 rings (SSSR count). The van der Waals surface area contributed by atoms with Crippen LogP contribution < -0.4 is 10.0 Å². The van der Waals surface area contributed by atoms with Gasteiger partial charge in [-0.1, -0.05) is 18.5 Å². The summed E-state index contributed by atoms with van der Waals surface area (Å²) < 4.78 is 26.6. The molecular formula is C12H20Cl2N2O2S.